The molecule has 1 fully saturated rings. The van der Waals surface area contributed by atoms with Crippen molar-refractivity contribution in [1.82, 2.24) is 4.57 Å². The SMILES string of the molecule is Fc1ccc(-n2c3ccccc3c3ccc(N(c4ccc5c(c4)sc4ccccc45)c4cccc5c4C46c7c(cccc7N(c7ccccc7)c7ccccc7)CC4CCC6C5)cc32)cc1. The minimum absolute atomic E-state index is 0.188. The molecular weight excluding hydrogens is 826 g/mol. The standard InChI is InChI=1S/C61H44FN3S/c62-43-27-29-46(30-28-43)65-53-21-9-7-19-49(53)50-33-31-47(37-56(50)65)64(48-32-34-52-51-20-8-10-24-57(51)66-58(52)38-48)55-23-12-14-40-36-42-26-25-41-35-39-13-11-22-54(59(39)61(41,42)60(40)55)63(44-15-3-1-4-16-44)45-17-5-2-6-18-45/h1-24,27-34,37-38,41-42H,25-26,35-36H2. The number of hydrogen-bond donors (Lipinski definition) is 0. The predicted octanol–water partition coefficient (Wildman–Crippen LogP) is 16.7. The van der Waals surface area contributed by atoms with Crippen LogP contribution >= 0.6 is 11.3 Å². The van der Waals surface area contributed by atoms with Crippen molar-refractivity contribution in [1.29, 1.82) is 0 Å². The van der Waals surface area contributed by atoms with E-state index in [0.717, 1.165) is 40.9 Å². The Balaban J connectivity index is 1.05. The summed E-state index contributed by atoms with van der Waals surface area (Å²) in [6.07, 6.45) is 4.55. The van der Waals surface area contributed by atoms with Crippen LogP contribution in [0.15, 0.2) is 206 Å². The van der Waals surface area contributed by atoms with Gasteiger partial charge in [-0.15, -0.1) is 11.3 Å². The van der Waals surface area contributed by atoms with E-state index in [4.69, 9.17) is 0 Å². The van der Waals surface area contributed by atoms with E-state index >= 15 is 0 Å². The van der Waals surface area contributed by atoms with E-state index in [-0.39, 0.29) is 11.2 Å². The highest BCUT2D eigenvalue weighted by molar-refractivity contribution is 7.25. The van der Waals surface area contributed by atoms with Crippen LogP contribution in [0.25, 0.3) is 47.7 Å². The molecule has 316 valence electrons. The number of nitrogens with zero attached hydrogens (tertiary/aromatic N) is 3. The number of aromatic nitrogens is 1. The zero-order valence-corrected chi connectivity index (χ0v) is 37.1. The molecule has 0 aliphatic heterocycles. The predicted molar refractivity (Wildman–Crippen MR) is 274 cm³/mol. The molecule has 3 atom stereocenters. The molecule has 3 aliphatic carbocycles. The largest absolute Gasteiger partial charge is 0.310 e. The smallest absolute Gasteiger partial charge is 0.123 e. The van der Waals surface area contributed by atoms with Crippen LogP contribution in [0.2, 0.25) is 0 Å². The Morgan fingerprint density at radius 2 is 0.970 bits per heavy atom. The second kappa shape index (κ2) is 14.5. The van der Waals surface area contributed by atoms with Crippen LogP contribution < -0.4 is 9.80 Å². The summed E-state index contributed by atoms with van der Waals surface area (Å²) in [7, 11) is 0. The Labute approximate surface area is 387 Å². The molecule has 1 spiro atoms. The van der Waals surface area contributed by atoms with Crippen molar-refractivity contribution >= 4 is 87.4 Å². The Morgan fingerprint density at radius 1 is 0.439 bits per heavy atom. The second-order valence-electron chi connectivity index (χ2n) is 18.5. The molecule has 1 saturated carbocycles. The molecule has 2 heterocycles. The summed E-state index contributed by atoms with van der Waals surface area (Å²) in [6.45, 7) is 0. The van der Waals surface area contributed by atoms with Crippen LogP contribution in [-0.2, 0) is 18.3 Å². The first kappa shape index (κ1) is 37.9. The van der Waals surface area contributed by atoms with Gasteiger partial charge in [-0.1, -0.05) is 109 Å². The van der Waals surface area contributed by atoms with E-state index in [2.05, 4.69) is 196 Å². The van der Waals surface area contributed by atoms with Crippen LogP contribution in [0.4, 0.5) is 38.5 Å². The van der Waals surface area contributed by atoms with Crippen LogP contribution in [0, 0.1) is 17.7 Å². The molecule has 2 aromatic heterocycles. The van der Waals surface area contributed by atoms with Gasteiger partial charge in [0.05, 0.1) is 22.4 Å². The fourth-order valence-corrected chi connectivity index (χ4v) is 14.0. The van der Waals surface area contributed by atoms with Crippen molar-refractivity contribution in [2.24, 2.45) is 11.8 Å². The lowest BCUT2D eigenvalue weighted by Crippen LogP contribution is -2.34. The molecule has 5 heteroatoms. The maximum atomic E-state index is 14.5. The van der Waals surface area contributed by atoms with Crippen molar-refractivity contribution in [3.63, 3.8) is 0 Å². The lowest BCUT2D eigenvalue weighted by Gasteiger charge is -2.40. The van der Waals surface area contributed by atoms with Crippen molar-refractivity contribution in [3.05, 3.63) is 234 Å². The number of fused-ring (bicyclic) bond motifs is 8. The maximum absolute atomic E-state index is 14.5. The third kappa shape index (κ3) is 5.41. The van der Waals surface area contributed by atoms with Gasteiger partial charge in [0, 0.05) is 64.8 Å². The average molecular weight is 870 g/mol. The zero-order valence-electron chi connectivity index (χ0n) is 36.2. The molecule has 0 bridgehead atoms. The molecule has 0 radical (unpaired) electrons. The summed E-state index contributed by atoms with van der Waals surface area (Å²) in [5, 5.41) is 4.93. The van der Waals surface area contributed by atoms with Crippen molar-refractivity contribution < 1.29 is 4.39 Å². The first-order chi connectivity index (χ1) is 32.6. The minimum Gasteiger partial charge on any atom is -0.310 e. The van der Waals surface area contributed by atoms with E-state index in [0.29, 0.717) is 11.8 Å². The topological polar surface area (TPSA) is 11.4 Å². The van der Waals surface area contributed by atoms with Gasteiger partial charge in [0.2, 0.25) is 0 Å². The number of rotatable bonds is 7. The molecule has 3 unspecified atom stereocenters. The van der Waals surface area contributed by atoms with E-state index < -0.39 is 0 Å². The zero-order chi connectivity index (χ0) is 43.5. The first-order valence-corrected chi connectivity index (χ1v) is 24.1. The van der Waals surface area contributed by atoms with Gasteiger partial charge in [0.1, 0.15) is 5.82 Å². The number of benzene rings is 9. The summed E-state index contributed by atoms with van der Waals surface area (Å²) in [5.74, 6) is 0.714. The fourth-order valence-electron chi connectivity index (χ4n) is 12.9. The normalized spacial score (nSPS) is 18.2. The lowest BCUT2D eigenvalue weighted by molar-refractivity contribution is 0.350. The number of para-hydroxylation sites is 3. The third-order valence-electron chi connectivity index (χ3n) is 15.3. The fraction of sp³-hybridized carbons (Fsp3) is 0.115. The van der Waals surface area contributed by atoms with Gasteiger partial charge in [-0.2, -0.15) is 0 Å². The van der Waals surface area contributed by atoms with E-state index in [1.807, 2.05) is 23.5 Å². The Kier molecular flexibility index (Phi) is 8.33. The number of halogens is 1. The molecule has 11 aromatic rings. The number of anilines is 6. The van der Waals surface area contributed by atoms with Crippen LogP contribution in [0.3, 0.4) is 0 Å². The molecule has 3 aliphatic rings. The summed E-state index contributed by atoms with van der Waals surface area (Å²) in [5.41, 5.74) is 16.0. The molecule has 9 aromatic carbocycles. The molecule has 66 heavy (non-hydrogen) atoms. The van der Waals surface area contributed by atoms with Crippen LogP contribution in [-0.4, -0.2) is 4.57 Å². The molecule has 3 nitrogen and oxygen atoms in total. The number of hydrogen-bond acceptors (Lipinski definition) is 3. The van der Waals surface area contributed by atoms with Gasteiger partial charge in [-0.25, -0.2) is 4.39 Å². The van der Waals surface area contributed by atoms with E-state index in [9.17, 15) is 4.39 Å². The first-order valence-electron chi connectivity index (χ1n) is 23.3. The molecular formula is C61H44FN3S. The van der Waals surface area contributed by atoms with Gasteiger partial charge < -0.3 is 14.4 Å². The van der Waals surface area contributed by atoms with Crippen LogP contribution in [0.5, 0.6) is 0 Å². The quantitative estimate of drug-likeness (QED) is 0.158. The maximum Gasteiger partial charge on any atom is 0.123 e. The molecule has 0 amide bonds. The van der Waals surface area contributed by atoms with E-state index in [1.54, 1.807) is 12.1 Å². The Bertz CT molecular complexity index is 3660. The van der Waals surface area contributed by atoms with Crippen molar-refractivity contribution in [2.45, 2.75) is 31.1 Å². The summed E-state index contributed by atoms with van der Waals surface area (Å²) < 4.78 is 19.4. The monoisotopic (exact) mass is 869 g/mol. The van der Waals surface area contributed by atoms with Crippen molar-refractivity contribution in [3.8, 4) is 5.69 Å². The highest BCUT2D eigenvalue weighted by Crippen LogP contribution is 2.69. The van der Waals surface area contributed by atoms with Crippen molar-refractivity contribution in [2.75, 3.05) is 9.80 Å². The van der Waals surface area contributed by atoms with Gasteiger partial charge in [-0.05, 0) is 157 Å². The summed E-state index contributed by atoms with van der Waals surface area (Å²) >= 11 is 1.87. The van der Waals surface area contributed by atoms with E-state index in [1.165, 1.54) is 88.8 Å². The Hall–Kier alpha value is -7.47. The third-order valence-corrected chi connectivity index (χ3v) is 16.4. The van der Waals surface area contributed by atoms with Gasteiger partial charge in [-0.3, -0.25) is 0 Å². The number of thiophene rings is 1. The highest BCUT2D eigenvalue weighted by Gasteiger charge is 2.62. The highest BCUT2D eigenvalue weighted by atomic mass is 32.1. The second-order valence-corrected chi connectivity index (χ2v) is 19.6. The molecule has 14 rings (SSSR count). The molecule has 0 N–H and O–H groups in total. The Morgan fingerprint density at radius 3 is 1.64 bits per heavy atom. The van der Waals surface area contributed by atoms with Gasteiger partial charge >= 0.3 is 0 Å². The molecule has 0 saturated heterocycles. The average Bonchev–Trinajstić information content (AvgIpc) is 4.16. The summed E-state index contributed by atoms with van der Waals surface area (Å²) in [4.78, 5) is 5.09. The lowest BCUT2D eigenvalue weighted by atomic mass is 9.68. The minimum atomic E-state index is -0.240. The van der Waals surface area contributed by atoms with Gasteiger partial charge in [0.25, 0.3) is 0 Å². The van der Waals surface area contributed by atoms with Crippen LogP contribution in [0.1, 0.15) is 35.1 Å². The summed E-state index contributed by atoms with van der Waals surface area (Å²) in [6, 6.07) is 74.6. The van der Waals surface area contributed by atoms with Gasteiger partial charge in [0.15, 0.2) is 0 Å².